The summed E-state index contributed by atoms with van der Waals surface area (Å²) in [5.41, 5.74) is 0.500. The van der Waals surface area contributed by atoms with E-state index in [1.807, 2.05) is 6.07 Å². The number of carbonyl (C=O) groups excluding carboxylic acids is 2. The summed E-state index contributed by atoms with van der Waals surface area (Å²) in [7, 11) is -1.15. The first-order chi connectivity index (χ1) is 16.4. The first-order valence-corrected chi connectivity index (χ1v) is 11.8. The van der Waals surface area contributed by atoms with Crippen molar-refractivity contribution < 1.29 is 22.7 Å². The Labute approximate surface area is 201 Å². The number of hydrogen-bond donors (Lipinski definition) is 2. The topological polar surface area (TPSA) is 146 Å². The summed E-state index contributed by atoms with van der Waals surface area (Å²) in [6.07, 6.45) is 0. The molecule has 0 fully saturated rings. The Morgan fingerprint density at radius 3 is 2.26 bits per heavy atom. The summed E-state index contributed by atoms with van der Waals surface area (Å²) < 4.78 is 34.8. The molecule has 3 rings (SSSR count). The summed E-state index contributed by atoms with van der Waals surface area (Å²) in [4.78, 5) is 48.2. The number of benzene rings is 2. The molecule has 0 aliphatic rings. The van der Waals surface area contributed by atoms with Crippen molar-refractivity contribution >= 4 is 33.4 Å². The van der Waals surface area contributed by atoms with Crippen LogP contribution in [0.15, 0.2) is 63.0 Å². The maximum Gasteiger partial charge on any atom is 0.338 e. The second-order valence-electron chi connectivity index (χ2n) is 7.84. The van der Waals surface area contributed by atoms with Gasteiger partial charge in [-0.1, -0.05) is 12.1 Å². The molecule has 1 amide bonds. The normalized spacial score (nSPS) is 11.1. The van der Waals surface area contributed by atoms with E-state index in [1.54, 1.807) is 26.0 Å². The number of nitrogens with zero attached hydrogens (tertiary/aromatic N) is 2. The zero-order valence-corrected chi connectivity index (χ0v) is 20.3. The van der Waals surface area contributed by atoms with Gasteiger partial charge in [-0.3, -0.25) is 23.4 Å². The number of carbonyl (C=O) groups is 2. The zero-order valence-electron chi connectivity index (χ0n) is 19.5. The van der Waals surface area contributed by atoms with Crippen LogP contribution in [-0.4, -0.2) is 36.0 Å². The van der Waals surface area contributed by atoms with Crippen molar-refractivity contribution in [2.24, 2.45) is 14.1 Å². The van der Waals surface area contributed by atoms with Crippen LogP contribution in [-0.2, 0) is 33.7 Å². The van der Waals surface area contributed by atoms with Crippen molar-refractivity contribution in [2.75, 3.05) is 16.6 Å². The van der Waals surface area contributed by atoms with Gasteiger partial charge in [0.2, 0.25) is 0 Å². The molecule has 0 aliphatic carbocycles. The van der Waals surface area contributed by atoms with E-state index >= 15 is 0 Å². The molecule has 0 spiro atoms. The van der Waals surface area contributed by atoms with E-state index < -0.39 is 39.8 Å². The molecule has 0 atom stereocenters. The summed E-state index contributed by atoms with van der Waals surface area (Å²) in [6, 6.07) is 11.7. The molecule has 0 bridgehead atoms. The van der Waals surface area contributed by atoms with Crippen LogP contribution < -0.4 is 21.3 Å². The van der Waals surface area contributed by atoms with Gasteiger partial charge in [-0.25, -0.2) is 18.0 Å². The largest absolute Gasteiger partial charge is 0.452 e. The Morgan fingerprint density at radius 1 is 0.943 bits per heavy atom. The third-order valence-electron chi connectivity index (χ3n) is 5.13. The van der Waals surface area contributed by atoms with Crippen LogP contribution in [0.4, 0.5) is 11.5 Å². The third-order valence-corrected chi connectivity index (χ3v) is 6.66. The Morgan fingerprint density at radius 2 is 1.60 bits per heavy atom. The van der Waals surface area contributed by atoms with Crippen LogP contribution in [0.2, 0.25) is 0 Å². The molecule has 35 heavy (non-hydrogen) atoms. The number of esters is 1. The molecule has 0 radical (unpaired) electrons. The van der Waals surface area contributed by atoms with Crippen LogP contribution in [0.1, 0.15) is 21.5 Å². The van der Waals surface area contributed by atoms with Crippen molar-refractivity contribution in [1.82, 2.24) is 9.13 Å². The van der Waals surface area contributed by atoms with Crippen LogP contribution in [0.3, 0.4) is 0 Å². The highest BCUT2D eigenvalue weighted by molar-refractivity contribution is 7.92. The van der Waals surface area contributed by atoms with Crippen molar-refractivity contribution in [2.45, 2.75) is 18.7 Å². The molecule has 3 aromatic rings. The third kappa shape index (κ3) is 5.84. The molecule has 2 N–H and O–H groups in total. The van der Waals surface area contributed by atoms with Gasteiger partial charge in [0, 0.05) is 25.8 Å². The Balaban J connectivity index is 1.62. The monoisotopic (exact) mass is 500 g/mol. The average Bonchev–Trinajstić information content (AvgIpc) is 2.81. The fourth-order valence-corrected chi connectivity index (χ4v) is 4.52. The molecule has 0 saturated carbocycles. The van der Waals surface area contributed by atoms with E-state index in [9.17, 15) is 27.6 Å². The molecule has 1 heterocycles. The van der Waals surface area contributed by atoms with Gasteiger partial charge < -0.3 is 10.1 Å². The minimum atomic E-state index is -3.83. The SMILES string of the molecule is Cc1ccc(C)c(S(=O)(=O)Nc2ccc(C(=O)OCC(=O)Nc3cc(=O)n(C)c(=O)n3C)cc2)c1. The van der Waals surface area contributed by atoms with Crippen molar-refractivity contribution in [1.29, 1.82) is 0 Å². The van der Waals surface area contributed by atoms with Crippen LogP contribution in [0.5, 0.6) is 0 Å². The number of sulfonamides is 1. The van der Waals surface area contributed by atoms with E-state index in [4.69, 9.17) is 4.74 Å². The lowest BCUT2D eigenvalue weighted by atomic mass is 10.2. The fourth-order valence-electron chi connectivity index (χ4n) is 3.13. The number of aromatic nitrogens is 2. The predicted molar refractivity (Wildman–Crippen MR) is 129 cm³/mol. The van der Waals surface area contributed by atoms with E-state index in [0.29, 0.717) is 5.56 Å². The summed E-state index contributed by atoms with van der Waals surface area (Å²) in [6.45, 7) is 2.82. The van der Waals surface area contributed by atoms with Gasteiger partial charge in [0.15, 0.2) is 6.61 Å². The minimum Gasteiger partial charge on any atom is -0.452 e. The molecule has 0 unspecified atom stereocenters. The molecule has 1 aromatic heterocycles. The number of ether oxygens (including phenoxy) is 1. The summed E-state index contributed by atoms with van der Waals surface area (Å²) in [5, 5.41) is 2.34. The van der Waals surface area contributed by atoms with Gasteiger partial charge >= 0.3 is 11.7 Å². The second kappa shape index (κ2) is 9.97. The molecule has 2 aromatic carbocycles. The molecule has 0 saturated heterocycles. The van der Waals surface area contributed by atoms with E-state index in [-0.39, 0.29) is 22.0 Å². The molecule has 12 heteroatoms. The molecule has 184 valence electrons. The van der Waals surface area contributed by atoms with Crippen molar-refractivity contribution in [3.63, 3.8) is 0 Å². The number of anilines is 2. The maximum absolute atomic E-state index is 12.7. The first-order valence-electron chi connectivity index (χ1n) is 10.3. The van der Waals surface area contributed by atoms with Crippen molar-refractivity contribution in [3.05, 3.63) is 86.1 Å². The minimum absolute atomic E-state index is 0.0420. The highest BCUT2D eigenvalue weighted by Crippen LogP contribution is 2.21. The number of hydrogen-bond acceptors (Lipinski definition) is 7. The zero-order chi connectivity index (χ0) is 25.9. The van der Waals surface area contributed by atoms with Crippen molar-refractivity contribution in [3.8, 4) is 0 Å². The van der Waals surface area contributed by atoms with Crippen LogP contribution in [0, 0.1) is 13.8 Å². The van der Waals surface area contributed by atoms with Crippen LogP contribution >= 0.6 is 0 Å². The van der Waals surface area contributed by atoms with Gasteiger partial charge in [0.05, 0.1) is 10.5 Å². The Kier molecular flexibility index (Phi) is 7.25. The van der Waals surface area contributed by atoms with E-state index in [0.717, 1.165) is 20.8 Å². The smallest absolute Gasteiger partial charge is 0.338 e. The number of nitrogens with one attached hydrogen (secondary N) is 2. The van der Waals surface area contributed by atoms with Gasteiger partial charge in [-0.15, -0.1) is 0 Å². The maximum atomic E-state index is 12.7. The lowest BCUT2D eigenvalue weighted by Crippen LogP contribution is -2.38. The predicted octanol–water partition coefficient (Wildman–Crippen LogP) is 1.30. The highest BCUT2D eigenvalue weighted by Gasteiger charge is 2.18. The standard InChI is InChI=1S/C23H24N4O7S/c1-14-5-6-15(2)18(11-14)35(32,33)25-17-9-7-16(8-10-17)22(30)34-13-20(28)24-19-12-21(29)27(4)23(31)26(19)3/h5-12,25H,13H2,1-4H3,(H,24,28). The van der Waals surface area contributed by atoms with E-state index in [1.165, 1.54) is 38.4 Å². The Hall–Kier alpha value is -4.19. The summed E-state index contributed by atoms with van der Waals surface area (Å²) in [5.74, 6) is -1.61. The van der Waals surface area contributed by atoms with Gasteiger partial charge in [0.1, 0.15) is 5.82 Å². The highest BCUT2D eigenvalue weighted by atomic mass is 32.2. The van der Waals surface area contributed by atoms with E-state index in [2.05, 4.69) is 10.0 Å². The lowest BCUT2D eigenvalue weighted by molar-refractivity contribution is -0.119. The fraction of sp³-hybridized carbons (Fsp3) is 0.217. The lowest BCUT2D eigenvalue weighted by Gasteiger charge is -2.12. The average molecular weight is 501 g/mol. The molecular formula is C23H24N4O7S. The summed E-state index contributed by atoms with van der Waals surface area (Å²) >= 11 is 0. The molecule has 0 aliphatic heterocycles. The quantitative estimate of drug-likeness (QED) is 0.465. The molecule has 11 nitrogen and oxygen atoms in total. The number of aryl methyl sites for hydroxylation is 2. The van der Waals surface area contributed by atoms with Gasteiger partial charge in [-0.05, 0) is 55.3 Å². The molecular weight excluding hydrogens is 476 g/mol. The Bertz CT molecular complexity index is 1520. The second-order valence-corrected chi connectivity index (χ2v) is 9.50. The first kappa shape index (κ1) is 25.4. The van der Waals surface area contributed by atoms with Gasteiger partial charge in [-0.2, -0.15) is 0 Å². The number of amides is 1. The van der Waals surface area contributed by atoms with Gasteiger partial charge in [0.25, 0.3) is 21.5 Å². The number of rotatable bonds is 7. The van der Waals surface area contributed by atoms with Crippen LogP contribution in [0.25, 0.3) is 0 Å².